The molecule has 1 heterocycles. The molecule has 1 saturated heterocycles. The summed E-state index contributed by atoms with van der Waals surface area (Å²) in [6, 6.07) is 4.81. The molecule has 2 N–H and O–H groups in total. The number of rotatable bonds is 4. The summed E-state index contributed by atoms with van der Waals surface area (Å²) in [5.74, 6) is -0.0695. The van der Waals surface area contributed by atoms with Crippen LogP contribution in [0.4, 0.5) is 0 Å². The Hall–Kier alpha value is -1.26. The fourth-order valence-corrected chi connectivity index (χ4v) is 2.58. The first-order valence-corrected chi connectivity index (χ1v) is 7.00. The van der Waals surface area contributed by atoms with E-state index < -0.39 is 0 Å². The molecule has 0 radical (unpaired) electrons. The maximum Gasteiger partial charge on any atom is 0.255 e. The first-order chi connectivity index (χ1) is 9.11. The molecule has 0 spiro atoms. The highest BCUT2D eigenvalue weighted by Gasteiger charge is 2.22. The van der Waals surface area contributed by atoms with Crippen LogP contribution in [-0.2, 0) is 0 Å². The quantitative estimate of drug-likeness (QED) is 0.891. The van der Waals surface area contributed by atoms with E-state index in [9.17, 15) is 9.90 Å². The summed E-state index contributed by atoms with van der Waals surface area (Å²) in [5, 5.41) is 13.2. The Morgan fingerprint density at radius 1 is 1.58 bits per heavy atom. The predicted molar refractivity (Wildman–Crippen MR) is 75.7 cm³/mol. The number of amides is 1. The van der Waals surface area contributed by atoms with Gasteiger partial charge in [-0.05, 0) is 44.5 Å². The number of benzene rings is 1. The molecule has 1 atom stereocenters. The van der Waals surface area contributed by atoms with E-state index in [4.69, 9.17) is 11.6 Å². The van der Waals surface area contributed by atoms with E-state index in [1.165, 1.54) is 12.1 Å². The third kappa shape index (κ3) is 3.39. The van der Waals surface area contributed by atoms with Crippen molar-refractivity contribution in [1.29, 1.82) is 0 Å². The van der Waals surface area contributed by atoms with Crippen LogP contribution in [0.3, 0.4) is 0 Å². The second kappa shape index (κ2) is 6.26. The SMILES string of the molecule is CCN(CC1CCCN1)C(=O)c1cc(O)ccc1Cl. The van der Waals surface area contributed by atoms with Crippen LogP contribution in [0.2, 0.25) is 5.02 Å². The number of carbonyl (C=O) groups excluding carboxylic acids is 1. The first-order valence-electron chi connectivity index (χ1n) is 6.63. The predicted octanol–water partition coefficient (Wildman–Crippen LogP) is 2.26. The molecule has 1 aromatic rings. The summed E-state index contributed by atoms with van der Waals surface area (Å²) in [6.45, 7) is 4.27. The van der Waals surface area contributed by atoms with Crippen LogP contribution in [0.1, 0.15) is 30.1 Å². The lowest BCUT2D eigenvalue weighted by Gasteiger charge is -2.25. The van der Waals surface area contributed by atoms with Gasteiger partial charge < -0.3 is 15.3 Å². The van der Waals surface area contributed by atoms with Gasteiger partial charge in [-0.3, -0.25) is 4.79 Å². The lowest BCUT2D eigenvalue weighted by Crippen LogP contribution is -2.41. The van der Waals surface area contributed by atoms with Crippen molar-refractivity contribution in [2.24, 2.45) is 0 Å². The number of halogens is 1. The Kier molecular flexibility index (Phi) is 4.66. The van der Waals surface area contributed by atoms with Gasteiger partial charge in [-0.1, -0.05) is 11.6 Å². The molecule has 1 aromatic carbocycles. The minimum Gasteiger partial charge on any atom is -0.508 e. The number of carbonyl (C=O) groups is 1. The molecule has 0 aromatic heterocycles. The van der Waals surface area contributed by atoms with Crippen LogP contribution in [0.25, 0.3) is 0 Å². The van der Waals surface area contributed by atoms with Gasteiger partial charge in [-0.2, -0.15) is 0 Å². The highest BCUT2D eigenvalue weighted by atomic mass is 35.5. The van der Waals surface area contributed by atoms with Gasteiger partial charge in [0.1, 0.15) is 5.75 Å². The molecule has 1 aliphatic heterocycles. The average molecular weight is 283 g/mol. The van der Waals surface area contributed by atoms with Crippen molar-refractivity contribution in [3.63, 3.8) is 0 Å². The molecule has 104 valence electrons. The van der Waals surface area contributed by atoms with Gasteiger partial charge in [0.25, 0.3) is 5.91 Å². The highest BCUT2D eigenvalue weighted by Crippen LogP contribution is 2.23. The molecule has 5 heteroatoms. The van der Waals surface area contributed by atoms with E-state index in [0.29, 0.717) is 29.7 Å². The summed E-state index contributed by atoms with van der Waals surface area (Å²) < 4.78 is 0. The summed E-state index contributed by atoms with van der Waals surface area (Å²) in [6.07, 6.45) is 2.25. The monoisotopic (exact) mass is 282 g/mol. The van der Waals surface area contributed by atoms with E-state index in [-0.39, 0.29) is 11.7 Å². The fraction of sp³-hybridized carbons (Fsp3) is 0.500. The molecule has 4 nitrogen and oxygen atoms in total. The normalized spacial score (nSPS) is 18.5. The molecule has 0 aliphatic carbocycles. The molecule has 1 fully saturated rings. The van der Waals surface area contributed by atoms with Gasteiger partial charge in [0.05, 0.1) is 10.6 Å². The number of hydrogen-bond donors (Lipinski definition) is 2. The van der Waals surface area contributed by atoms with Crippen LogP contribution in [0, 0.1) is 0 Å². The van der Waals surface area contributed by atoms with E-state index in [0.717, 1.165) is 19.4 Å². The highest BCUT2D eigenvalue weighted by molar-refractivity contribution is 6.33. The van der Waals surface area contributed by atoms with Gasteiger partial charge in [0.2, 0.25) is 0 Å². The largest absolute Gasteiger partial charge is 0.508 e. The van der Waals surface area contributed by atoms with E-state index >= 15 is 0 Å². The molecule has 0 saturated carbocycles. The van der Waals surface area contributed by atoms with Crippen molar-refractivity contribution < 1.29 is 9.90 Å². The minimum atomic E-state index is -0.128. The number of phenols is 1. The van der Waals surface area contributed by atoms with Crippen LogP contribution >= 0.6 is 11.6 Å². The third-order valence-corrected chi connectivity index (χ3v) is 3.78. The van der Waals surface area contributed by atoms with Crippen LogP contribution in [-0.4, -0.2) is 41.6 Å². The first kappa shape index (κ1) is 14.2. The Balaban J connectivity index is 2.12. The van der Waals surface area contributed by atoms with Gasteiger partial charge in [-0.25, -0.2) is 0 Å². The maximum absolute atomic E-state index is 12.4. The van der Waals surface area contributed by atoms with Gasteiger partial charge in [0.15, 0.2) is 0 Å². The number of phenolic OH excluding ortho intramolecular Hbond substituents is 1. The topological polar surface area (TPSA) is 52.6 Å². The Labute approximate surface area is 118 Å². The van der Waals surface area contributed by atoms with Crippen molar-refractivity contribution in [2.45, 2.75) is 25.8 Å². The Morgan fingerprint density at radius 3 is 3.00 bits per heavy atom. The average Bonchev–Trinajstić information content (AvgIpc) is 2.91. The lowest BCUT2D eigenvalue weighted by molar-refractivity contribution is 0.0751. The molecule has 1 unspecified atom stereocenters. The molecule has 0 bridgehead atoms. The summed E-state index contributed by atoms with van der Waals surface area (Å²) in [5.41, 5.74) is 0.363. The fourth-order valence-electron chi connectivity index (χ4n) is 2.38. The van der Waals surface area contributed by atoms with Crippen molar-refractivity contribution in [3.05, 3.63) is 28.8 Å². The van der Waals surface area contributed by atoms with Crippen LogP contribution < -0.4 is 5.32 Å². The number of hydrogen-bond acceptors (Lipinski definition) is 3. The molecular weight excluding hydrogens is 264 g/mol. The smallest absolute Gasteiger partial charge is 0.255 e. The molecular formula is C14H19ClN2O2. The molecule has 1 amide bonds. The van der Waals surface area contributed by atoms with Gasteiger partial charge in [-0.15, -0.1) is 0 Å². The van der Waals surface area contributed by atoms with Crippen molar-refractivity contribution in [3.8, 4) is 5.75 Å². The number of nitrogens with one attached hydrogen (secondary N) is 1. The van der Waals surface area contributed by atoms with E-state index in [2.05, 4.69) is 5.32 Å². The molecule has 19 heavy (non-hydrogen) atoms. The minimum absolute atomic E-state index is 0.0581. The van der Waals surface area contributed by atoms with Crippen molar-refractivity contribution in [1.82, 2.24) is 10.2 Å². The number of aromatic hydroxyl groups is 1. The standard InChI is InChI=1S/C14H19ClN2O2/c1-2-17(9-10-4-3-7-16-10)14(19)12-8-11(18)5-6-13(12)15/h5-6,8,10,16,18H,2-4,7,9H2,1H3. The van der Waals surface area contributed by atoms with E-state index in [1.807, 2.05) is 6.92 Å². The Morgan fingerprint density at radius 2 is 2.37 bits per heavy atom. The number of likely N-dealkylation sites (N-methyl/N-ethyl adjacent to an activating group) is 1. The van der Waals surface area contributed by atoms with E-state index in [1.54, 1.807) is 11.0 Å². The molecule has 2 rings (SSSR count). The van der Waals surface area contributed by atoms with Gasteiger partial charge in [0, 0.05) is 19.1 Å². The second-order valence-electron chi connectivity index (χ2n) is 4.80. The zero-order chi connectivity index (χ0) is 13.8. The zero-order valence-electron chi connectivity index (χ0n) is 11.0. The summed E-state index contributed by atoms with van der Waals surface area (Å²) in [4.78, 5) is 14.2. The zero-order valence-corrected chi connectivity index (χ0v) is 11.8. The molecule has 1 aliphatic rings. The van der Waals surface area contributed by atoms with Crippen LogP contribution in [0.15, 0.2) is 18.2 Å². The van der Waals surface area contributed by atoms with Crippen molar-refractivity contribution in [2.75, 3.05) is 19.6 Å². The summed E-state index contributed by atoms with van der Waals surface area (Å²) in [7, 11) is 0. The van der Waals surface area contributed by atoms with Crippen molar-refractivity contribution >= 4 is 17.5 Å². The third-order valence-electron chi connectivity index (χ3n) is 3.45. The number of nitrogens with zero attached hydrogens (tertiary/aromatic N) is 1. The van der Waals surface area contributed by atoms with Crippen LogP contribution in [0.5, 0.6) is 5.75 Å². The lowest BCUT2D eigenvalue weighted by atomic mass is 10.1. The summed E-state index contributed by atoms with van der Waals surface area (Å²) >= 11 is 6.03. The second-order valence-corrected chi connectivity index (χ2v) is 5.21. The van der Waals surface area contributed by atoms with Gasteiger partial charge >= 0.3 is 0 Å². The maximum atomic E-state index is 12.4. The Bertz CT molecular complexity index is 459.